The van der Waals surface area contributed by atoms with Crippen LogP contribution in [-0.2, 0) is 19.4 Å². The molecule has 118 valence electrons. The van der Waals surface area contributed by atoms with Gasteiger partial charge in [-0.25, -0.2) is 4.98 Å². The highest BCUT2D eigenvalue weighted by Gasteiger charge is 2.18. The summed E-state index contributed by atoms with van der Waals surface area (Å²) in [5, 5.41) is 0.666. The quantitative estimate of drug-likeness (QED) is 0.723. The Morgan fingerprint density at radius 2 is 2.00 bits per heavy atom. The Morgan fingerprint density at radius 3 is 2.83 bits per heavy atom. The first-order valence-corrected chi connectivity index (χ1v) is 8.82. The lowest BCUT2D eigenvalue weighted by Crippen LogP contribution is -2.18. The molecule has 0 atom stereocenters. The molecule has 23 heavy (non-hydrogen) atoms. The summed E-state index contributed by atoms with van der Waals surface area (Å²) in [5.74, 6) is 0.710. The summed E-state index contributed by atoms with van der Waals surface area (Å²) in [5.41, 5.74) is 1.80. The Bertz CT molecular complexity index is 915. The summed E-state index contributed by atoms with van der Waals surface area (Å²) in [4.78, 5) is 19.1. The fourth-order valence-corrected chi connectivity index (χ4v) is 4.26. The Hall–Kier alpha value is -1.85. The lowest BCUT2D eigenvalue weighted by molar-refractivity contribution is 0.301. The molecule has 0 amide bonds. The van der Waals surface area contributed by atoms with E-state index < -0.39 is 0 Å². The van der Waals surface area contributed by atoms with Crippen molar-refractivity contribution in [1.29, 1.82) is 0 Å². The Balaban J connectivity index is 1.63. The lowest BCUT2D eigenvalue weighted by Gasteiger charge is -2.10. The van der Waals surface area contributed by atoms with Crippen molar-refractivity contribution < 1.29 is 4.74 Å². The van der Waals surface area contributed by atoms with E-state index in [-0.39, 0.29) is 12.2 Å². The van der Waals surface area contributed by atoms with Crippen LogP contribution in [0.3, 0.4) is 0 Å². The number of nitrogens with zero attached hydrogens (tertiary/aromatic N) is 2. The highest BCUT2D eigenvalue weighted by atomic mass is 35.5. The third-order valence-electron chi connectivity index (χ3n) is 4.02. The molecular weight excluding hydrogens is 332 g/mol. The van der Waals surface area contributed by atoms with Crippen molar-refractivity contribution in [3.8, 4) is 5.75 Å². The number of halogens is 1. The first-order chi connectivity index (χ1) is 11.2. The van der Waals surface area contributed by atoms with Crippen LogP contribution in [-0.4, -0.2) is 9.38 Å². The average Bonchev–Trinajstić information content (AvgIpc) is 2.93. The number of hydrogen-bond acceptors (Lipinski definition) is 4. The number of benzene rings is 1. The van der Waals surface area contributed by atoms with Crippen LogP contribution in [0.25, 0.3) is 4.96 Å². The van der Waals surface area contributed by atoms with Crippen molar-refractivity contribution in [3.05, 3.63) is 62.0 Å². The monoisotopic (exact) mass is 346 g/mol. The minimum atomic E-state index is -0.0101. The normalized spacial score (nSPS) is 14.0. The van der Waals surface area contributed by atoms with Crippen molar-refractivity contribution in [1.82, 2.24) is 9.38 Å². The Kier molecular flexibility index (Phi) is 3.83. The molecule has 2 aromatic heterocycles. The predicted octanol–water partition coefficient (Wildman–Crippen LogP) is 3.87. The highest BCUT2D eigenvalue weighted by molar-refractivity contribution is 7.17. The second-order valence-corrected chi connectivity index (χ2v) is 7.12. The first-order valence-electron chi connectivity index (χ1n) is 7.62. The summed E-state index contributed by atoms with van der Waals surface area (Å²) in [6, 6.07) is 8.73. The fraction of sp³-hybridized carbons (Fsp3) is 0.294. The third kappa shape index (κ3) is 2.86. The molecule has 0 saturated heterocycles. The number of hydrogen-bond donors (Lipinski definition) is 0. The summed E-state index contributed by atoms with van der Waals surface area (Å²) in [6.45, 7) is 0.274. The van der Waals surface area contributed by atoms with Crippen molar-refractivity contribution in [2.24, 2.45) is 0 Å². The van der Waals surface area contributed by atoms with Gasteiger partial charge in [-0.05, 0) is 49.9 Å². The van der Waals surface area contributed by atoms with Crippen LogP contribution in [0.2, 0.25) is 5.02 Å². The maximum atomic E-state index is 12.4. The zero-order chi connectivity index (χ0) is 15.8. The van der Waals surface area contributed by atoms with Crippen molar-refractivity contribution in [3.63, 3.8) is 0 Å². The third-order valence-corrected chi connectivity index (χ3v) is 5.41. The van der Waals surface area contributed by atoms with Crippen LogP contribution in [0.4, 0.5) is 0 Å². The van der Waals surface area contributed by atoms with Crippen LogP contribution >= 0.6 is 22.9 Å². The number of aromatic nitrogens is 2. The fourth-order valence-electron chi connectivity index (χ4n) is 2.90. The minimum Gasteiger partial charge on any atom is -0.487 e. The van der Waals surface area contributed by atoms with E-state index in [9.17, 15) is 4.79 Å². The van der Waals surface area contributed by atoms with E-state index in [0.717, 1.165) is 29.9 Å². The standard InChI is InChI=1S/C17H15ClN2O2S/c18-11-5-7-13(8-6-11)22-10-12-9-16(21)20-14-3-1-2-4-15(14)23-17(20)19-12/h5-9H,1-4,10H2. The van der Waals surface area contributed by atoms with Gasteiger partial charge in [0.15, 0.2) is 4.96 Å². The highest BCUT2D eigenvalue weighted by Crippen LogP contribution is 2.28. The van der Waals surface area contributed by atoms with Crippen LogP contribution < -0.4 is 10.3 Å². The van der Waals surface area contributed by atoms with E-state index in [4.69, 9.17) is 16.3 Å². The van der Waals surface area contributed by atoms with Gasteiger partial charge in [0.2, 0.25) is 0 Å². The summed E-state index contributed by atoms with van der Waals surface area (Å²) in [7, 11) is 0. The lowest BCUT2D eigenvalue weighted by atomic mass is 10.0. The second-order valence-electron chi connectivity index (χ2n) is 5.63. The van der Waals surface area contributed by atoms with Crippen LogP contribution in [0.5, 0.6) is 5.75 Å². The van der Waals surface area contributed by atoms with Gasteiger partial charge < -0.3 is 4.74 Å². The number of aryl methyl sites for hydroxylation is 2. The molecule has 6 heteroatoms. The zero-order valence-electron chi connectivity index (χ0n) is 12.4. The van der Waals surface area contributed by atoms with Gasteiger partial charge in [-0.3, -0.25) is 9.20 Å². The molecule has 0 saturated carbocycles. The maximum Gasteiger partial charge on any atom is 0.259 e. The molecule has 0 aliphatic heterocycles. The molecule has 1 aromatic carbocycles. The van der Waals surface area contributed by atoms with Gasteiger partial charge in [-0.1, -0.05) is 11.6 Å². The number of thiazole rings is 1. The van der Waals surface area contributed by atoms with Crippen LogP contribution in [0.1, 0.15) is 29.1 Å². The molecule has 2 heterocycles. The molecule has 1 aliphatic carbocycles. The summed E-state index contributed by atoms with van der Waals surface area (Å²) in [6.07, 6.45) is 4.37. The van der Waals surface area contributed by atoms with E-state index in [1.807, 2.05) is 0 Å². The van der Waals surface area contributed by atoms with Crippen LogP contribution in [0, 0.1) is 0 Å². The maximum absolute atomic E-state index is 12.4. The molecule has 0 radical (unpaired) electrons. The average molecular weight is 347 g/mol. The van der Waals surface area contributed by atoms with Crippen molar-refractivity contribution in [2.45, 2.75) is 32.3 Å². The summed E-state index contributed by atoms with van der Waals surface area (Å²) >= 11 is 7.48. The molecule has 1 aliphatic rings. The molecule has 0 spiro atoms. The predicted molar refractivity (Wildman–Crippen MR) is 91.8 cm³/mol. The van der Waals surface area contributed by atoms with E-state index in [0.29, 0.717) is 16.5 Å². The van der Waals surface area contributed by atoms with E-state index in [1.165, 1.54) is 11.3 Å². The molecule has 4 nitrogen and oxygen atoms in total. The van der Waals surface area contributed by atoms with Crippen molar-refractivity contribution in [2.75, 3.05) is 0 Å². The molecule has 0 bridgehead atoms. The van der Waals surface area contributed by atoms with Gasteiger partial charge in [-0.15, -0.1) is 11.3 Å². The van der Waals surface area contributed by atoms with Crippen LogP contribution in [0.15, 0.2) is 35.1 Å². The van der Waals surface area contributed by atoms with E-state index >= 15 is 0 Å². The number of fused-ring (bicyclic) bond motifs is 3. The molecule has 0 N–H and O–H groups in total. The van der Waals surface area contributed by atoms with Crippen molar-refractivity contribution >= 4 is 27.9 Å². The largest absolute Gasteiger partial charge is 0.487 e. The summed E-state index contributed by atoms with van der Waals surface area (Å²) < 4.78 is 7.46. The number of rotatable bonds is 3. The van der Waals surface area contributed by atoms with Gasteiger partial charge in [0.05, 0.1) is 5.69 Å². The molecule has 3 aromatic rings. The topological polar surface area (TPSA) is 43.6 Å². The molecule has 0 fully saturated rings. The molecular formula is C17H15ClN2O2S. The molecule has 0 unspecified atom stereocenters. The second kappa shape index (κ2) is 5.98. The molecule has 4 rings (SSSR count). The van der Waals surface area contributed by atoms with E-state index in [1.54, 1.807) is 46.1 Å². The first kappa shape index (κ1) is 14.7. The van der Waals surface area contributed by atoms with Gasteiger partial charge >= 0.3 is 0 Å². The Labute approximate surface area is 142 Å². The van der Waals surface area contributed by atoms with E-state index in [2.05, 4.69) is 4.98 Å². The Morgan fingerprint density at radius 1 is 1.22 bits per heavy atom. The SMILES string of the molecule is O=c1cc(COc2ccc(Cl)cc2)nc2sc3c(n12)CCCC3. The zero-order valence-corrected chi connectivity index (χ0v) is 14.0. The number of ether oxygens (including phenoxy) is 1. The van der Waals surface area contributed by atoms with Gasteiger partial charge in [0.1, 0.15) is 12.4 Å². The smallest absolute Gasteiger partial charge is 0.259 e. The van der Waals surface area contributed by atoms with Gasteiger partial charge in [0, 0.05) is 21.7 Å². The van der Waals surface area contributed by atoms with Gasteiger partial charge in [-0.2, -0.15) is 0 Å². The minimum absolute atomic E-state index is 0.0101. The van der Waals surface area contributed by atoms with Gasteiger partial charge in [0.25, 0.3) is 5.56 Å².